The van der Waals surface area contributed by atoms with Crippen molar-refractivity contribution in [3.05, 3.63) is 88.1 Å². The monoisotopic (exact) mass is 384 g/mol. The van der Waals surface area contributed by atoms with E-state index in [0.717, 1.165) is 0 Å². The van der Waals surface area contributed by atoms with Gasteiger partial charge in [0.1, 0.15) is 17.2 Å². The highest BCUT2D eigenvalue weighted by Crippen LogP contribution is 2.19. The molecule has 2 aromatic carbocycles. The molecular weight excluding hydrogens is 370 g/mol. The number of hydrogen-bond acceptors (Lipinski definition) is 3. The molecule has 0 aliphatic heterocycles. The van der Waals surface area contributed by atoms with Crippen LogP contribution in [-0.4, -0.2) is 11.8 Å². The highest BCUT2D eigenvalue weighted by atomic mass is 32.1. The summed E-state index contributed by atoms with van der Waals surface area (Å²) >= 11 is 1.32. The number of benzene rings is 2. The maximum atomic E-state index is 13.8. The predicted molar refractivity (Wildman–Crippen MR) is 102 cm³/mol. The van der Waals surface area contributed by atoms with Crippen molar-refractivity contribution in [2.75, 3.05) is 10.6 Å². The highest BCUT2D eigenvalue weighted by molar-refractivity contribution is 7.10. The summed E-state index contributed by atoms with van der Waals surface area (Å²) in [4.78, 5) is 25.9. The normalized spacial score (nSPS) is 10.1. The first kappa shape index (κ1) is 18.5. The van der Waals surface area contributed by atoms with Crippen LogP contribution in [0.4, 0.5) is 20.2 Å². The number of thiophene rings is 1. The van der Waals surface area contributed by atoms with Crippen molar-refractivity contribution in [1.29, 1.82) is 0 Å². The van der Waals surface area contributed by atoms with Crippen LogP contribution in [0.25, 0.3) is 6.08 Å². The molecule has 0 fully saturated rings. The number of para-hydroxylation sites is 2. The van der Waals surface area contributed by atoms with Crippen molar-refractivity contribution in [2.24, 2.45) is 0 Å². The Balaban J connectivity index is 1.89. The van der Waals surface area contributed by atoms with E-state index < -0.39 is 23.4 Å². The Morgan fingerprint density at radius 2 is 1.30 bits per heavy atom. The third-order valence-electron chi connectivity index (χ3n) is 3.56. The lowest BCUT2D eigenvalue weighted by Gasteiger charge is -2.11. The van der Waals surface area contributed by atoms with Crippen LogP contribution in [0.15, 0.2) is 71.6 Å². The fraction of sp³-hybridized carbons (Fsp3) is 0. The topological polar surface area (TPSA) is 58.2 Å². The van der Waals surface area contributed by atoms with Crippen LogP contribution in [0.2, 0.25) is 0 Å². The van der Waals surface area contributed by atoms with Crippen LogP contribution in [0.5, 0.6) is 0 Å². The summed E-state index contributed by atoms with van der Waals surface area (Å²) in [7, 11) is 0. The fourth-order valence-electron chi connectivity index (χ4n) is 2.25. The second kappa shape index (κ2) is 8.37. The third-order valence-corrected chi connectivity index (χ3v) is 4.38. The first-order valence-corrected chi connectivity index (χ1v) is 8.79. The van der Waals surface area contributed by atoms with Crippen LogP contribution in [-0.2, 0) is 9.59 Å². The van der Waals surface area contributed by atoms with Crippen molar-refractivity contribution >= 4 is 40.6 Å². The van der Waals surface area contributed by atoms with E-state index in [-0.39, 0.29) is 16.9 Å². The Morgan fingerprint density at radius 3 is 1.74 bits per heavy atom. The van der Waals surface area contributed by atoms with Crippen LogP contribution in [0.1, 0.15) is 4.88 Å². The van der Waals surface area contributed by atoms with Crippen LogP contribution in [0, 0.1) is 11.6 Å². The zero-order chi connectivity index (χ0) is 19.2. The number of halogens is 2. The van der Waals surface area contributed by atoms with Gasteiger partial charge in [-0.15, -0.1) is 11.3 Å². The van der Waals surface area contributed by atoms with Gasteiger partial charge in [-0.2, -0.15) is 0 Å². The predicted octanol–water partition coefficient (Wildman–Crippen LogP) is 4.69. The molecule has 2 amide bonds. The molecule has 3 aromatic rings. The van der Waals surface area contributed by atoms with Crippen molar-refractivity contribution in [3.8, 4) is 0 Å². The minimum Gasteiger partial charge on any atom is -0.319 e. The molecule has 1 aromatic heterocycles. The van der Waals surface area contributed by atoms with Gasteiger partial charge in [-0.3, -0.25) is 9.59 Å². The van der Waals surface area contributed by atoms with E-state index in [4.69, 9.17) is 0 Å². The number of anilines is 2. The summed E-state index contributed by atoms with van der Waals surface area (Å²) in [6.45, 7) is 0. The first-order valence-electron chi connectivity index (χ1n) is 7.91. The van der Waals surface area contributed by atoms with E-state index in [1.807, 2.05) is 0 Å². The molecule has 0 saturated heterocycles. The van der Waals surface area contributed by atoms with E-state index in [9.17, 15) is 18.4 Å². The molecule has 0 atom stereocenters. The second-order valence-electron chi connectivity index (χ2n) is 5.44. The Morgan fingerprint density at radius 1 is 0.778 bits per heavy atom. The van der Waals surface area contributed by atoms with Crippen molar-refractivity contribution in [3.63, 3.8) is 0 Å². The van der Waals surface area contributed by atoms with Gasteiger partial charge in [-0.25, -0.2) is 8.78 Å². The Labute approximate surface area is 158 Å². The summed E-state index contributed by atoms with van der Waals surface area (Å²) in [5.41, 5.74) is -0.388. The summed E-state index contributed by atoms with van der Waals surface area (Å²) in [6.07, 6.45) is 1.37. The quantitative estimate of drug-likeness (QED) is 0.381. The Kier molecular flexibility index (Phi) is 5.73. The third kappa shape index (κ3) is 4.65. The molecule has 1 heterocycles. The molecule has 27 heavy (non-hydrogen) atoms. The van der Waals surface area contributed by atoms with Crippen molar-refractivity contribution in [1.82, 2.24) is 0 Å². The smallest absolute Gasteiger partial charge is 0.261 e. The van der Waals surface area contributed by atoms with Gasteiger partial charge in [0, 0.05) is 4.88 Å². The van der Waals surface area contributed by atoms with Crippen LogP contribution in [0.3, 0.4) is 0 Å². The van der Waals surface area contributed by atoms with E-state index in [1.54, 1.807) is 29.6 Å². The highest BCUT2D eigenvalue weighted by Gasteiger charge is 2.21. The molecule has 7 heteroatoms. The van der Waals surface area contributed by atoms with Gasteiger partial charge >= 0.3 is 0 Å². The van der Waals surface area contributed by atoms with Gasteiger partial charge in [0.05, 0.1) is 11.4 Å². The van der Waals surface area contributed by atoms with Crippen molar-refractivity contribution < 1.29 is 18.4 Å². The minimum atomic E-state index is -0.803. The Bertz CT molecular complexity index is 939. The lowest BCUT2D eigenvalue weighted by molar-refractivity contribution is -0.118. The van der Waals surface area contributed by atoms with Crippen LogP contribution >= 0.6 is 11.3 Å². The maximum Gasteiger partial charge on any atom is 0.261 e. The molecular formula is C20H14F2N2O2S. The van der Waals surface area contributed by atoms with Gasteiger partial charge in [-0.1, -0.05) is 30.3 Å². The maximum absolute atomic E-state index is 13.8. The average molecular weight is 384 g/mol. The lowest BCUT2D eigenvalue weighted by atomic mass is 10.1. The lowest BCUT2D eigenvalue weighted by Crippen LogP contribution is -2.26. The standard InChI is InChI=1S/C20H14F2N2O2S/c21-15-7-1-3-9-17(15)23-19(25)14(12-13-6-5-11-27-13)20(26)24-18-10-4-2-8-16(18)22/h1-12H,(H,23,25)(H,24,26). The molecule has 2 N–H and O–H groups in total. The number of carbonyl (C=O) groups is 2. The van der Waals surface area contributed by atoms with Gasteiger partial charge in [0.2, 0.25) is 0 Å². The fourth-order valence-corrected chi connectivity index (χ4v) is 2.91. The zero-order valence-electron chi connectivity index (χ0n) is 13.9. The van der Waals surface area contributed by atoms with Crippen LogP contribution < -0.4 is 10.6 Å². The van der Waals surface area contributed by atoms with Gasteiger partial charge < -0.3 is 10.6 Å². The van der Waals surface area contributed by atoms with Crippen molar-refractivity contribution in [2.45, 2.75) is 0 Å². The molecule has 0 spiro atoms. The number of nitrogens with one attached hydrogen (secondary N) is 2. The van der Waals surface area contributed by atoms with Gasteiger partial charge in [0.15, 0.2) is 0 Å². The summed E-state index contributed by atoms with van der Waals surface area (Å²) in [5, 5.41) is 6.53. The molecule has 0 aliphatic rings. The molecule has 4 nitrogen and oxygen atoms in total. The number of carbonyl (C=O) groups excluding carboxylic acids is 2. The van der Waals surface area contributed by atoms with E-state index in [0.29, 0.717) is 4.88 Å². The SMILES string of the molecule is O=C(Nc1ccccc1F)C(=Cc1cccs1)C(=O)Nc1ccccc1F. The second-order valence-corrected chi connectivity index (χ2v) is 6.42. The number of hydrogen-bond donors (Lipinski definition) is 2. The van der Waals surface area contributed by atoms with E-state index in [1.165, 1.54) is 53.8 Å². The average Bonchev–Trinajstić information content (AvgIpc) is 3.16. The van der Waals surface area contributed by atoms with E-state index >= 15 is 0 Å². The summed E-state index contributed by atoms with van der Waals surface area (Å²) in [5.74, 6) is -2.86. The molecule has 3 rings (SSSR count). The molecule has 136 valence electrons. The largest absolute Gasteiger partial charge is 0.319 e. The Hall–Kier alpha value is -3.32. The molecule has 0 radical (unpaired) electrons. The van der Waals surface area contributed by atoms with Gasteiger partial charge in [0.25, 0.3) is 11.8 Å². The molecule has 0 saturated carbocycles. The first-order chi connectivity index (χ1) is 13.0. The zero-order valence-corrected chi connectivity index (χ0v) is 14.7. The van der Waals surface area contributed by atoms with E-state index in [2.05, 4.69) is 10.6 Å². The summed E-state index contributed by atoms with van der Waals surface area (Å²) < 4.78 is 27.6. The molecule has 0 unspecified atom stereocenters. The number of rotatable bonds is 5. The minimum absolute atomic E-state index is 0.0572. The summed E-state index contributed by atoms with van der Waals surface area (Å²) in [6, 6.07) is 14.7. The molecule has 0 aliphatic carbocycles. The molecule has 0 bridgehead atoms. The number of amides is 2. The van der Waals surface area contributed by atoms with Gasteiger partial charge in [-0.05, 0) is 41.8 Å².